The standard InChI is InChI=1S/C9H13NO7/c1-5(11)17-7(9(14)16-3)8(13)10-4-6(12)15-2/h7H,4H2,1-3H3,(H,10,13). The molecule has 0 aromatic rings. The first kappa shape index (κ1) is 14.9. The molecule has 0 aromatic heterocycles. The maximum absolute atomic E-state index is 11.4. The van der Waals surface area contributed by atoms with E-state index in [2.05, 4.69) is 19.5 Å². The van der Waals surface area contributed by atoms with Crippen LogP contribution in [0.5, 0.6) is 0 Å². The number of ether oxygens (including phenoxy) is 3. The Morgan fingerprint density at radius 1 is 1.12 bits per heavy atom. The van der Waals surface area contributed by atoms with E-state index in [-0.39, 0.29) is 0 Å². The Bertz CT molecular complexity index is 325. The van der Waals surface area contributed by atoms with Crippen molar-refractivity contribution in [2.24, 2.45) is 0 Å². The van der Waals surface area contributed by atoms with Gasteiger partial charge in [0.1, 0.15) is 6.54 Å². The van der Waals surface area contributed by atoms with Gasteiger partial charge in [0, 0.05) is 6.92 Å². The molecule has 0 aromatic carbocycles. The van der Waals surface area contributed by atoms with Crippen LogP contribution in [0.2, 0.25) is 0 Å². The lowest BCUT2D eigenvalue weighted by Crippen LogP contribution is -2.45. The van der Waals surface area contributed by atoms with Crippen LogP contribution >= 0.6 is 0 Å². The van der Waals surface area contributed by atoms with Crippen LogP contribution in [0.15, 0.2) is 0 Å². The van der Waals surface area contributed by atoms with E-state index in [1.807, 2.05) is 0 Å². The van der Waals surface area contributed by atoms with Crippen LogP contribution < -0.4 is 5.32 Å². The molecule has 1 amide bonds. The van der Waals surface area contributed by atoms with Crippen molar-refractivity contribution in [3.63, 3.8) is 0 Å². The summed E-state index contributed by atoms with van der Waals surface area (Å²) >= 11 is 0. The first-order valence-corrected chi connectivity index (χ1v) is 4.52. The molecule has 17 heavy (non-hydrogen) atoms. The van der Waals surface area contributed by atoms with E-state index in [1.165, 1.54) is 0 Å². The van der Waals surface area contributed by atoms with E-state index in [0.717, 1.165) is 21.1 Å². The molecular weight excluding hydrogens is 234 g/mol. The molecule has 96 valence electrons. The van der Waals surface area contributed by atoms with E-state index in [4.69, 9.17) is 0 Å². The Kier molecular flexibility index (Phi) is 6.30. The molecule has 0 spiro atoms. The molecule has 0 fully saturated rings. The van der Waals surface area contributed by atoms with Crippen molar-refractivity contribution in [2.75, 3.05) is 20.8 Å². The van der Waals surface area contributed by atoms with Crippen LogP contribution in [-0.4, -0.2) is 50.7 Å². The summed E-state index contributed by atoms with van der Waals surface area (Å²) in [7, 11) is 2.17. The van der Waals surface area contributed by atoms with Gasteiger partial charge >= 0.3 is 17.9 Å². The topological polar surface area (TPSA) is 108 Å². The van der Waals surface area contributed by atoms with Gasteiger partial charge in [-0.05, 0) is 0 Å². The Balaban J connectivity index is 4.47. The van der Waals surface area contributed by atoms with Gasteiger partial charge in [0.05, 0.1) is 14.2 Å². The van der Waals surface area contributed by atoms with Crippen molar-refractivity contribution >= 4 is 23.8 Å². The number of amides is 1. The van der Waals surface area contributed by atoms with E-state index < -0.39 is 36.5 Å². The minimum atomic E-state index is -1.73. The summed E-state index contributed by atoms with van der Waals surface area (Å²) in [6.45, 7) is 0.591. The summed E-state index contributed by atoms with van der Waals surface area (Å²) in [5, 5.41) is 2.06. The highest BCUT2D eigenvalue weighted by molar-refractivity contribution is 6.02. The lowest BCUT2D eigenvalue weighted by molar-refractivity contribution is -0.169. The molecule has 0 aliphatic heterocycles. The molecule has 0 aliphatic rings. The number of carbonyl (C=O) groups excluding carboxylic acids is 4. The molecule has 1 unspecified atom stereocenters. The number of methoxy groups -OCH3 is 2. The van der Waals surface area contributed by atoms with Crippen molar-refractivity contribution in [3.05, 3.63) is 0 Å². The number of nitrogens with one attached hydrogen (secondary N) is 1. The van der Waals surface area contributed by atoms with Crippen LogP contribution in [0.4, 0.5) is 0 Å². The molecule has 0 radical (unpaired) electrons. The molecule has 0 saturated heterocycles. The van der Waals surface area contributed by atoms with Gasteiger partial charge in [-0.25, -0.2) is 4.79 Å². The SMILES string of the molecule is COC(=O)CNC(=O)C(OC(C)=O)C(=O)OC. The van der Waals surface area contributed by atoms with Gasteiger partial charge in [-0.15, -0.1) is 0 Å². The van der Waals surface area contributed by atoms with E-state index in [1.54, 1.807) is 0 Å². The molecule has 0 rings (SSSR count). The number of hydrogen-bond donors (Lipinski definition) is 1. The third-order valence-corrected chi connectivity index (χ3v) is 1.57. The quantitative estimate of drug-likeness (QED) is 0.353. The Hall–Kier alpha value is -2.12. The average Bonchev–Trinajstić information content (AvgIpc) is 2.31. The van der Waals surface area contributed by atoms with Gasteiger partial charge in [-0.1, -0.05) is 0 Å². The van der Waals surface area contributed by atoms with Crippen molar-refractivity contribution in [2.45, 2.75) is 13.0 Å². The van der Waals surface area contributed by atoms with Crippen molar-refractivity contribution in [1.29, 1.82) is 0 Å². The molecule has 0 saturated carbocycles. The minimum absolute atomic E-state index is 0.440. The van der Waals surface area contributed by atoms with Crippen molar-refractivity contribution < 1.29 is 33.4 Å². The largest absolute Gasteiger partial charge is 0.468 e. The van der Waals surface area contributed by atoms with Gasteiger partial charge in [-0.3, -0.25) is 14.4 Å². The fraction of sp³-hybridized carbons (Fsp3) is 0.556. The summed E-state index contributed by atoms with van der Waals surface area (Å²) in [4.78, 5) is 43.9. The highest BCUT2D eigenvalue weighted by Crippen LogP contribution is 1.96. The Labute approximate surface area is 97.2 Å². The second-order valence-corrected chi connectivity index (χ2v) is 2.81. The molecule has 1 atom stereocenters. The molecule has 1 N–H and O–H groups in total. The second-order valence-electron chi connectivity index (χ2n) is 2.81. The Morgan fingerprint density at radius 3 is 2.12 bits per heavy atom. The summed E-state index contributed by atoms with van der Waals surface area (Å²) in [5.41, 5.74) is 0. The number of rotatable bonds is 5. The lowest BCUT2D eigenvalue weighted by Gasteiger charge is -2.13. The summed E-state index contributed by atoms with van der Waals surface area (Å²) < 4.78 is 13.0. The lowest BCUT2D eigenvalue weighted by atomic mass is 10.3. The highest BCUT2D eigenvalue weighted by Gasteiger charge is 2.30. The van der Waals surface area contributed by atoms with Gasteiger partial charge in [0.25, 0.3) is 12.0 Å². The molecule has 0 heterocycles. The number of hydrogen-bond acceptors (Lipinski definition) is 7. The summed E-state index contributed by atoms with van der Waals surface area (Å²) in [6.07, 6.45) is -1.73. The number of carbonyl (C=O) groups is 4. The Morgan fingerprint density at radius 2 is 1.71 bits per heavy atom. The zero-order valence-electron chi connectivity index (χ0n) is 9.64. The van der Waals surface area contributed by atoms with Gasteiger partial charge in [0.2, 0.25) is 0 Å². The maximum Gasteiger partial charge on any atom is 0.357 e. The minimum Gasteiger partial charge on any atom is -0.468 e. The van der Waals surface area contributed by atoms with Crippen molar-refractivity contribution in [1.82, 2.24) is 5.32 Å². The third kappa shape index (κ3) is 5.50. The maximum atomic E-state index is 11.4. The van der Waals surface area contributed by atoms with Crippen LogP contribution in [0, 0.1) is 0 Å². The fourth-order valence-corrected chi connectivity index (χ4v) is 0.806. The summed E-state index contributed by atoms with van der Waals surface area (Å²) in [6, 6.07) is 0. The van der Waals surface area contributed by atoms with E-state index in [0.29, 0.717) is 0 Å². The van der Waals surface area contributed by atoms with Crippen LogP contribution in [-0.2, 0) is 33.4 Å². The molecule has 0 bridgehead atoms. The van der Waals surface area contributed by atoms with Crippen LogP contribution in [0.3, 0.4) is 0 Å². The predicted octanol–water partition coefficient (Wildman–Crippen LogP) is -1.62. The second kappa shape index (κ2) is 7.20. The van der Waals surface area contributed by atoms with Crippen molar-refractivity contribution in [3.8, 4) is 0 Å². The zero-order chi connectivity index (χ0) is 13.4. The monoisotopic (exact) mass is 247 g/mol. The summed E-state index contributed by atoms with van der Waals surface area (Å²) in [5.74, 6) is -3.53. The first-order chi connectivity index (χ1) is 7.92. The average molecular weight is 247 g/mol. The van der Waals surface area contributed by atoms with Gasteiger partial charge < -0.3 is 19.5 Å². The first-order valence-electron chi connectivity index (χ1n) is 4.52. The zero-order valence-corrected chi connectivity index (χ0v) is 9.64. The third-order valence-electron chi connectivity index (χ3n) is 1.57. The molecular formula is C9H13NO7. The smallest absolute Gasteiger partial charge is 0.357 e. The van der Waals surface area contributed by atoms with Crippen LogP contribution in [0.1, 0.15) is 6.92 Å². The van der Waals surface area contributed by atoms with Gasteiger partial charge in [0.15, 0.2) is 0 Å². The molecule has 8 heteroatoms. The highest BCUT2D eigenvalue weighted by atomic mass is 16.6. The number of esters is 3. The van der Waals surface area contributed by atoms with E-state index >= 15 is 0 Å². The van der Waals surface area contributed by atoms with Gasteiger partial charge in [-0.2, -0.15) is 0 Å². The molecule has 8 nitrogen and oxygen atoms in total. The van der Waals surface area contributed by atoms with E-state index in [9.17, 15) is 19.2 Å². The fourth-order valence-electron chi connectivity index (χ4n) is 0.806. The molecule has 0 aliphatic carbocycles. The predicted molar refractivity (Wildman–Crippen MR) is 52.6 cm³/mol. The van der Waals surface area contributed by atoms with Crippen LogP contribution in [0.25, 0.3) is 0 Å². The normalized spacial score (nSPS) is 11.0.